The zero-order valence-electron chi connectivity index (χ0n) is 10.4. The molecule has 19 heavy (non-hydrogen) atoms. The largest absolute Gasteiger partial charge is 0.467 e. The van der Waals surface area contributed by atoms with E-state index < -0.39 is 0 Å². The van der Waals surface area contributed by atoms with E-state index in [1.54, 1.807) is 12.6 Å². The first-order chi connectivity index (χ1) is 9.22. The number of hydrogen-bond acceptors (Lipinski definition) is 6. The number of ether oxygens (including phenoxy) is 1. The highest BCUT2D eigenvalue weighted by atomic mass is 32.2. The van der Waals surface area contributed by atoms with E-state index in [0.717, 1.165) is 5.76 Å². The fourth-order valence-corrected chi connectivity index (χ4v) is 3.07. The van der Waals surface area contributed by atoms with Crippen molar-refractivity contribution in [1.29, 1.82) is 0 Å². The van der Waals surface area contributed by atoms with Crippen molar-refractivity contribution in [3.63, 3.8) is 0 Å². The van der Waals surface area contributed by atoms with Crippen LogP contribution in [0.3, 0.4) is 0 Å². The highest BCUT2D eigenvalue weighted by Gasteiger charge is 2.33. The van der Waals surface area contributed by atoms with Crippen LogP contribution in [0.15, 0.2) is 34.3 Å². The fourth-order valence-electron chi connectivity index (χ4n) is 1.96. The summed E-state index contributed by atoms with van der Waals surface area (Å²) in [6.07, 6.45) is 3.94. The molecule has 1 saturated heterocycles. The van der Waals surface area contributed by atoms with Gasteiger partial charge >= 0.3 is 5.97 Å². The molecular weight excluding hydrogens is 266 g/mol. The molecular formula is C12H13N3O3S. The maximum Gasteiger partial charge on any atom is 0.319 e. The number of nitrogens with zero attached hydrogens (tertiary/aromatic N) is 3. The van der Waals surface area contributed by atoms with Crippen LogP contribution in [0.4, 0.5) is 0 Å². The predicted octanol–water partition coefficient (Wildman–Crippen LogP) is 1.72. The number of aromatic nitrogens is 3. The number of hydrogen-bond donors (Lipinski definition) is 0. The van der Waals surface area contributed by atoms with Crippen LogP contribution in [0.25, 0.3) is 0 Å². The number of thioether (sulfide) groups is 1. The Labute approximate surface area is 114 Å². The predicted molar refractivity (Wildman–Crippen MR) is 67.6 cm³/mol. The molecule has 0 N–H and O–H groups in total. The van der Waals surface area contributed by atoms with Crippen molar-refractivity contribution >= 4 is 17.7 Å². The van der Waals surface area contributed by atoms with E-state index in [0.29, 0.717) is 18.1 Å². The van der Waals surface area contributed by atoms with Gasteiger partial charge in [0.2, 0.25) is 0 Å². The maximum absolute atomic E-state index is 11.6. The number of carbonyl (C=O) groups excluding carboxylic acids is 1. The van der Waals surface area contributed by atoms with Gasteiger partial charge in [-0.15, -0.1) is 10.2 Å². The Morgan fingerprint density at radius 3 is 3.16 bits per heavy atom. The van der Waals surface area contributed by atoms with Crippen molar-refractivity contribution in [2.75, 3.05) is 0 Å². The summed E-state index contributed by atoms with van der Waals surface area (Å²) < 4.78 is 12.3. The van der Waals surface area contributed by atoms with Gasteiger partial charge in [-0.3, -0.25) is 4.79 Å². The van der Waals surface area contributed by atoms with Crippen molar-refractivity contribution in [3.05, 3.63) is 30.5 Å². The summed E-state index contributed by atoms with van der Waals surface area (Å²) in [5, 5.41) is 8.44. The molecule has 6 nitrogen and oxygen atoms in total. The Morgan fingerprint density at radius 2 is 2.47 bits per heavy atom. The molecule has 0 saturated carbocycles. The highest BCUT2D eigenvalue weighted by Crippen LogP contribution is 2.31. The zero-order chi connectivity index (χ0) is 13.2. The minimum absolute atomic E-state index is 0.0218. The second-order valence-electron chi connectivity index (χ2n) is 4.41. The van der Waals surface area contributed by atoms with Crippen LogP contribution in [0.5, 0.6) is 0 Å². The van der Waals surface area contributed by atoms with E-state index in [4.69, 9.17) is 9.15 Å². The van der Waals surface area contributed by atoms with Crippen LogP contribution in [-0.4, -0.2) is 32.1 Å². The van der Waals surface area contributed by atoms with Gasteiger partial charge < -0.3 is 13.7 Å². The Hall–Kier alpha value is -1.76. The monoisotopic (exact) mass is 279 g/mol. The number of carbonyl (C=O) groups is 1. The Morgan fingerprint density at radius 1 is 1.58 bits per heavy atom. The van der Waals surface area contributed by atoms with E-state index in [1.807, 2.05) is 23.6 Å². The lowest BCUT2D eigenvalue weighted by Crippen LogP contribution is -2.11. The standard InChI is InChI=1S/C12H13N3O3S/c1-8-5-10(11(16)18-8)19-12-14-13-7-15(12)6-9-3-2-4-17-9/h2-4,7-8,10H,5-6H2,1H3. The van der Waals surface area contributed by atoms with Crippen molar-refractivity contribution in [3.8, 4) is 0 Å². The first kappa shape index (κ1) is 12.3. The van der Waals surface area contributed by atoms with Gasteiger partial charge in [0.25, 0.3) is 0 Å². The molecule has 2 unspecified atom stereocenters. The molecule has 2 aromatic rings. The Bertz CT molecular complexity index is 567. The van der Waals surface area contributed by atoms with E-state index in [9.17, 15) is 4.79 Å². The first-order valence-electron chi connectivity index (χ1n) is 5.99. The Kier molecular flexibility index (Phi) is 3.29. The van der Waals surface area contributed by atoms with Gasteiger partial charge in [0, 0.05) is 6.42 Å². The van der Waals surface area contributed by atoms with E-state index in [-0.39, 0.29) is 17.3 Å². The summed E-state index contributed by atoms with van der Waals surface area (Å²) in [5.41, 5.74) is 0. The van der Waals surface area contributed by atoms with Gasteiger partial charge in [0.15, 0.2) is 5.16 Å². The molecule has 0 radical (unpaired) electrons. The third-order valence-corrected chi connectivity index (χ3v) is 4.06. The molecule has 1 aliphatic heterocycles. The smallest absolute Gasteiger partial charge is 0.319 e. The molecule has 2 atom stereocenters. The van der Waals surface area contributed by atoms with Crippen molar-refractivity contribution in [1.82, 2.24) is 14.8 Å². The van der Waals surface area contributed by atoms with Crippen LogP contribution < -0.4 is 0 Å². The summed E-state index contributed by atoms with van der Waals surface area (Å²) in [7, 11) is 0. The van der Waals surface area contributed by atoms with Crippen molar-refractivity contribution in [2.45, 2.75) is 36.4 Å². The molecule has 7 heteroatoms. The van der Waals surface area contributed by atoms with Crippen molar-refractivity contribution in [2.24, 2.45) is 0 Å². The van der Waals surface area contributed by atoms with E-state index in [2.05, 4.69) is 10.2 Å². The molecule has 3 rings (SSSR count). The van der Waals surface area contributed by atoms with Crippen LogP contribution in [-0.2, 0) is 16.1 Å². The van der Waals surface area contributed by atoms with Gasteiger partial charge in [-0.1, -0.05) is 11.8 Å². The molecule has 1 aliphatic rings. The highest BCUT2D eigenvalue weighted by molar-refractivity contribution is 8.00. The number of cyclic esters (lactones) is 1. The lowest BCUT2D eigenvalue weighted by atomic mass is 10.3. The number of furan rings is 1. The maximum atomic E-state index is 11.6. The molecule has 100 valence electrons. The number of rotatable bonds is 4. The van der Waals surface area contributed by atoms with Crippen LogP contribution in [0, 0.1) is 0 Å². The summed E-state index contributed by atoms with van der Waals surface area (Å²) in [6.45, 7) is 2.45. The Balaban J connectivity index is 1.72. The molecule has 0 spiro atoms. The fraction of sp³-hybridized carbons (Fsp3) is 0.417. The zero-order valence-corrected chi connectivity index (χ0v) is 11.2. The van der Waals surface area contributed by atoms with Gasteiger partial charge in [-0.2, -0.15) is 0 Å². The molecule has 0 bridgehead atoms. The summed E-state index contributed by atoms with van der Waals surface area (Å²) >= 11 is 1.39. The summed E-state index contributed by atoms with van der Waals surface area (Å²) in [6, 6.07) is 3.73. The summed E-state index contributed by atoms with van der Waals surface area (Å²) in [5.74, 6) is 0.647. The molecule has 0 aromatic carbocycles. The second-order valence-corrected chi connectivity index (χ2v) is 5.58. The molecule has 2 aromatic heterocycles. The normalized spacial score (nSPS) is 22.7. The van der Waals surface area contributed by atoms with Gasteiger partial charge in [0.1, 0.15) is 23.4 Å². The topological polar surface area (TPSA) is 70.2 Å². The quantitative estimate of drug-likeness (QED) is 0.794. The lowest BCUT2D eigenvalue weighted by molar-refractivity contribution is -0.140. The second kappa shape index (κ2) is 5.08. The van der Waals surface area contributed by atoms with Crippen LogP contribution in [0.2, 0.25) is 0 Å². The summed E-state index contributed by atoms with van der Waals surface area (Å²) in [4.78, 5) is 11.6. The van der Waals surface area contributed by atoms with Gasteiger partial charge in [0.05, 0.1) is 12.8 Å². The molecule has 3 heterocycles. The SMILES string of the molecule is CC1CC(Sc2nncn2Cc2ccco2)C(=O)O1. The lowest BCUT2D eigenvalue weighted by Gasteiger charge is -2.06. The van der Waals surface area contributed by atoms with Gasteiger partial charge in [-0.25, -0.2) is 0 Å². The minimum atomic E-state index is -0.199. The van der Waals surface area contributed by atoms with Crippen molar-refractivity contribution < 1.29 is 13.9 Å². The molecule has 0 amide bonds. The van der Waals surface area contributed by atoms with E-state index in [1.165, 1.54) is 11.8 Å². The molecule has 1 fully saturated rings. The number of esters is 1. The van der Waals surface area contributed by atoms with Crippen LogP contribution >= 0.6 is 11.8 Å². The first-order valence-corrected chi connectivity index (χ1v) is 6.87. The van der Waals surface area contributed by atoms with Crippen LogP contribution in [0.1, 0.15) is 19.1 Å². The van der Waals surface area contributed by atoms with E-state index >= 15 is 0 Å². The van der Waals surface area contributed by atoms with Gasteiger partial charge in [-0.05, 0) is 19.1 Å². The third kappa shape index (κ3) is 2.65. The molecule has 0 aliphatic carbocycles. The average Bonchev–Trinajstić information content (AvgIpc) is 3.06. The third-order valence-electron chi connectivity index (χ3n) is 2.86. The average molecular weight is 279 g/mol. The minimum Gasteiger partial charge on any atom is -0.467 e.